The Morgan fingerprint density at radius 2 is 1.86 bits per heavy atom. The van der Waals surface area contributed by atoms with Gasteiger partial charge in [0.2, 0.25) is 0 Å². The molecule has 0 saturated heterocycles. The molecule has 0 aliphatic rings. The van der Waals surface area contributed by atoms with Gasteiger partial charge in [0.15, 0.2) is 5.96 Å². The maximum Gasteiger partial charge on any atom is 0.416 e. The van der Waals surface area contributed by atoms with Crippen LogP contribution >= 0.6 is 0 Å². The fourth-order valence-electron chi connectivity index (χ4n) is 1.81. The number of methoxy groups -OCH3 is 1. The summed E-state index contributed by atoms with van der Waals surface area (Å²) in [6.07, 6.45) is -4.44. The van der Waals surface area contributed by atoms with Crippen LogP contribution in [0.1, 0.15) is 31.9 Å². The standard InChI is InChI=1S/C15H22F3N3O/c1-14(2,3)21-13(19-4)20-9-10-6-7-11(22-5)8-12(10)15(16,17)18/h6-8H,9H2,1-5H3,(H2,19,20,21). The number of halogens is 3. The summed E-state index contributed by atoms with van der Waals surface area (Å²) in [5.74, 6) is 0.615. The van der Waals surface area contributed by atoms with Crippen molar-refractivity contribution in [1.82, 2.24) is 10.6 Å². The van der Waals surface area contributed by atoms with E-state index < -0.39 is 11.7 Å². The third-order valence-corrected chi connectivity index (χ3v) is 2.79. The molecule has 0 heterocycles. The molecule has 0 aromatic heterocycles. The molecule has 0 spiro atoms. The molecule has 124 valence electrons. The zero-order valence-corrected chi connectivity index (χ0v) is 13.4. The van der Waals surface area contributed by atoms with Crippen molar-refractivity contribution in [1.29, 1.82) is 0 Å². The van der Waals surface area contributed by atoms with E-state index in [2.05, 4.69) is 15.6 Å². The average Bonchev–Trinajstić information content (AvgIpc) is 2.41. The van der Waals surface area contributed by atoms with Gasteiger partial charge < -0.3 is 15.4 Å². The van der Waals surface area contributed by atoms with Crippen molar-refractivity contribution in [2.45, 2.75) is 39.0 Å². The van der Waals surface area contributed by atoms with E-state index in [1.54, 1.807) is 7.05 Å². The Labute approximate surface area is 128 Å². The van der Waals surface area contributed by atoms with Crippen molar-refractivity contribution in [2.75, 3.05) is 14.2 Å². The highest BCUT2D eigenvalue weighted by Crippen LogP contribution is 2.34. The van der Waals surface area contributed by atoms with E-state index in [-0.39, 0.29) is 23.4 Å². The van der Waals surface area contributed by atoms with Crippen LogP contribution in [-0.4, -0.2) is 25.7 Å². The first kappa shape index (κ1) is 18.1. The number of aliphatic imine (C=N–C) groups is 1. The summed E-state index contributed by atoms with van der Waals surface area (Å²) < 4.78 is 44.2. The second-order valence-corrected chi connectivity index (χ2v) is 5.82. The van der Waals surface area contributed by atoms with Crippen LogP contribution in [0.2, 0.25) is 0 Å². The van der Waals surface area contributed by atoms with Crippen LogP contribution < -0.4 is 15.4 Å². The van der Waals surface area contributed by atoms with Crippen LogP contribution in [0.5, 0.6) is 5.75 Å². The molecule has 0 unspecified atom stereocenters. The molecule has 0 amide bonds. The molecular weight excluding hydrogens is 295 g/mol. The third kappa shape index (κ3) is 5.46. The van der Waals surface area contributed by atoms with E-state index in [0.29, 0.717) is 5.96 Å². The summed E-state index contributed by atoms with van der Waals surface area (Å²) in [4.78, 5) is 4.00. The number of alkyl halides is 3. The van der Waals surface area contributed by atoms with Crippen LogP contribution in [0.4, 0.5) is 13.2 Å². The van der Waals surface area contributed by atoms with Crippen molar-refractivity contribution in [3.63, 3.8) is 0 Å². The van der Waals surface area contributed by atoms with Gasteiger partial charge in [0.1, 0.15) is 5.75 Å². The van der Waals surface area contributed by atoms with Gasteiger partial charge in [0.25, 0.3) is 0 Å². The molecule has 1 aromatic rings. The predicted octanol–water partition coefficient (Wildman–Crippen LogP) is 3.18. The molecule has 22 heavy (non-hydrogen) atoms. The van der Waals surface area contributed by atoms with Gasteiger partial charge in [-0.05, 0) is 38.5 Å². The molecule has 4 nitrogen and oxygen atoms in total. The van der Waals surface area contributed by atoms with Gasteiger partial charge in [-0.2, -0.15) is 13.2 Å². The first-order valence-electron chi connectivity index (χ1n) is 6.80. The lowest BCUT2D eigenvalue weighted by Crippen LogP contribution is -2.47. The monoisotopic (exact) mass is 317 g/mol. The van der Waals surface area contributed by atoms with E-state index >= 15 is 0 Å². The molecule has 0 atom stereocenters. The number of rotatable bonds is 3. The normalized spacial score (nSPS) is 13.0. The number of nitrogens with one attached hydrogen (secondary N) is 2. The van der Waals surface area contributed by atoms with Crippen molar-refractivity contribution in [3.05, 3.63) is 29.3 Å². The minimum atomic E-state index is -4.44. The summed E-state index contributed by atoms with van der Waals surface area (Å²) in [6.45, 7) is 5.83. The highest BCUT2D eigenvalue weighted by Gasteiger charge is 2.33. The molecule has 0 aliphatic heterocycles. The first-order valence-corrected chi connectivity index (χ1v) is 6.80. The quantitative estimate of drug-likeness (QED) is 0.665. The summed E-state index contributed by atoms with van der Waals surface area (Å²) in [6, 6.07) is 3.90. The molecular formula is C15H22F3N3O. The molecule has 1 rings (SSSR count). The van der Waals surface area contributed by atoms with Gasteiger partial charge >= 0.3 is 6.18 Å². The summed E-state index contributed by atoms with van der Waals surface area (Å²) in [7, 11) is 2.91. The minimum Gasteiger partial charge on any atom is -0.497 e. The number of guanidine groups is 1. The van der Waals surface area contributed by atoms with Crippen molar-refractivity contribution in [2.24, 2.45) is 4.99 Å². The number of ether oxygens (including phenoxy) is 1. The Balaban J connectivity index is 2.94. The maximum absolute atomic E-state index is 13.1. The molecule has 2 N–H and O–H groups in total. The van der Waals surface area contributed by atoms with Gasteiger partial charge in [-0.25, -0.2) is 0 Å². The Morgan fingerprint density at radius 1 is 1.23 bits per heavy atom. The largest absolute Gasteiger partial charge is 0.497 e. The molecule has 0 bridgehead atoms. The Kier molecular flexibility index (Phi) is 5.68. The summed E-state index contributed by atoms with van der Waals surface area (Å²) in [5.41, 5.74) is -0.829. The summed E-state index contributed by atoms with van der Waals surface area (Å²) in [5, 5.41) is 5.98. The first-order chi connectivity index (χ1) is 10.1. The number of nitrogens with zero attached hydrogens (tertiary/aromatic N) is 1. The lowest BCUT2D eigenvalue weighted by atomic mass is 10.1. The van der Waals surface area contributed by atoms with Crippen LogP contribution in [0.25, 0.3) is 0 Å². The molecule has 7 heteroatoms. The van der Waals surface area contributed by atoms with Gasteiger partial charge in [0.05, 0.1) is 12.7 Å². The second kappa shape index (κ2) is 6.89. The van der Waals surface area contributed by atoms with Gasteiger partial charge in [0, 0.05) is 19.1 Å². The molecule has 0 radical (unpaired) electrons. The highest BCUT2D eigenvalue weighted by atomic mass is 19.4. The fourth-order valence-corrected chi connectivity index (χ4v) is 1.81. The van der Waals surface area contributed by atoms with E-state index in [9.17, 15) is 13.2 Å². The van der Waals surface area contributed by atoms with E-state index in [4.69, 9.17) is 4.74 Å². The predicted molar refractivity (Wildman–Crippen MR) is 81.1 cm³/mol. The molecule has 0 fully saturated rings. The maximum atomic E-state index is 13.1. The lowest BCUT2D eigenvalue weighted by molar-refractivity contribution is -0.138. The summed E-state index contributed by atoms with van der Waals surface area (Å²) >= 11 is 0. The van der Waals surface area contributed by atoms with Gasteiger partial charge in [-0.1, -0.05) is 6.07 Å². The Bertz CT molecular complexity index is 534. The number of hydrogen-bond acceptors (Lipinski definition) is 2. The Morgan fingerprint density at radius 3 is 2.32 bits per heavy atom. The zero-order valence-electron chi connectivity index (χ0n) is 13.4. The Hall–Kier alpha value is -1.92. The second-order valence-electron chi connectivity index (χ2n) is 5.82. The van der Waals surface area contributed by atoms with Crippen molar-refractivity contribution >= 4 is 5.96 Å². The van der Waals surface area contributed by atoms with Crippen LogP contribution in [0.15, 0.2) is 23.2 Å². The molecule has 1 aromatic carbocycles. The fraction of sp³-hybridized carbons (Fsp3) is 0.533. The van der Waals surface area contributed by atoms with Gasteiger partial charge in [-0.15, -0.1) is 0 Å². The highest BCUT2D eigenvalue weighted by molar-refractivity contribution is 5.80. The van der Waals surface area contributed by atoms with E-state index in [1.165, 1.54) is 19.2 Å². The van der Waals surface area contributed by atoms with Gasteiger partial charge in [-0.3, -0.25) is 4.99 Å². The van der Waals surface area contributed by atoms with E-state index in [1.807, 2.05) is 20.8 Å². The smallest absolute Gasteiger partial charge is 0.416 e. The lowest BCUT2D eigenvalue weighted by Gasteiger charge is -2.24. The zero-order chi connectivity index (χ0) is 17.0. The van der Waals surface area contributed by atoms with Crippen molar-refractivity contribution in [3.8, 4) is 5.75 Å². The number of hydrogen-bond donors (Lipinski definition) is 2. The number of benzene rings is 1. The average molecular weight is 317 g/mol. The van der Waals surface area contributed by atoms with Crippen molar-refractivity contribution < 1.29 is 17.9 Å². The topological polar surface area (TPSA) is 45.7 Å². The minimum absolute atomic E-state index is 0.00852. The van der Waals surface area contributed by atoms with Crippen LogP contribution in [-0.2, 0) is 12.7 Å². The molecule has 0 saturated carbocycles. The van der Waals surface area contributed by atoms with Crippen LogP contribution in [0, 0.1) is 0 Å². The molecule has 0 aliphatic carbocycles. The SMILES string of the molecule is CN=C(NCc1ccc(OC)cc1C(F)(F)F)NC(C)(C)C. The van der Waals surface area contributed by atoms with E-state index in [0.717, 1.165) is 6.07 Å². The van der Waals surface area contributed by atoms with Crippen LogP contribution in [0.3, 0.4) is 0 Å². The third-order valence-electron chi connectivity index (χ3n) is 2.79.